The molecular formula is C17H25N3. The van der Waals surface area contributed by atoms with Crippen LogP contribution in [0.5, 0.6) is 0 Å². The molecule has 2 atom stereocenters. The highest BCUT2D eigenvalue weighted by molar-refractivity contribution is 5.56. The van der Waals surface area contributed by atoms with Gasteiger partial charge in [0.15, 0.2) is 0 Å². The predicted octanol–water partition coefficient (Wildman–Crippen LogP) is 1.72. The summed E-state index contributed by atoms with van der Waals surface area (Å²) in [6.07, 6.45) is 2.55. The standard InChI is InChI=1S/C17H25N3/c1-19-6-2-3-14-7-13(4-5-17(14)19)10-20-11-15-8-18-9-16(15)12-20/h4-5,7,15-16,18H,2-3,6,8-12H2,1H3/t15-,16+. The topological polar surface area (TPSA) is 18.5 Å². The molecule has 4 rings (SSSR count). The van der Waals surface area contributed by atoms with Gasteiger partial charge >= 0.3 is 0 Å². The number of rotatable bonds is 2. The maximum atomic E-state index is 3.52. The third kappa shape index (κ3) is 2.23. The lowest BCUT2D eigenvalue weighted by Crippen LogP contribution is -2.26. The van der Waals surface area contributed by atoms with E-state index in [1.165, 1.54) is 56.8 Å². The van der Waals surface area contributed by atoms with Crippen LogP contribution in [0.3, 0.4) is 0 Å². The zero-order chi connectivity index (χ0) is 13.5. The van der Waals surface area contributed by atoms with E-state index >= 15 is 0 Å². The second-order valence-corrected chi connectivity index (χ2v) is 6.86. The van der Waals surface area contributed by atoms with Gasteiger partial charge in [0.2, 0.25) is 0 Å². The van der Waals surface area contributed by atoms with Gasteiger partial charge in [0, 0.05) is 38.9 Å². The predicted molar refractivity (Wildman–Crippen MR) is 83.2 cm³/mol. The fourth-order valence-electron chi connectivity index (χ4n) is 4.28. The molecule has 0 radical (unpaired) electrons. The van der Waals surface area contributed by atoms with Gasteiger partial charge in [0.25, 0.3) is 0 Å². The van der Waals surface area contributed by atoms with E-state index in [4.69, 9.17) is 0 Å². The molecule has 3 aliphatic heterocycles. The fraction of sp³-hybridized carbons (Fsp3) is 0.647. The van der Waals surface area contributed by atoms with E-state index in [1.54, 1.807) is 5.56 Å². The van der Waals surface area contributed by atoms with Crippen LogP contribution in [0.1, 0.15) is 17.5 Å². The average Bonchev–Trinajstić information content (AvgIpc) is 3.00. The Hall–Kier alpha value is -1.06. The van der Waals surface area contributed by atoms with Crippen LogP contribution >= 0.6 is 0 Å². The van der Waals surface area contributed by atoms with E-state index in [2.05, 4.69) is 40.4 Å². The third-order valence-corrected chi connectivity index (χ3v) is 5.37. The van der Waals surface area contributed by atoms with E-state index in [-0.39, 0.29) is 0 Å². The number of fused-ring (bicyclic) bond motifs is 2. The van der Waals surface area contributed by atoms with Crippen LogP contribution in [0, 0.1) is 11.8 Å². The van der Waals surface area contributed by atoms with Crippen molar-refractivity contribution >= 4 is 5.69 Å². The molecule has 2 fully saturated rings. The fourth-order valence-corrected chi connectivity index (χ4v) is 4.28. The summed E-state index contributed by atoms with van der Waals surface area (Å²) in [7, 11) is 2.21. The molecule has 3 heteroatoms. The quantitative estimate of drug-likeness (QED) is 0.883. The Labute approximate surface area is 121 Å². The van der Waals surface area contributed by atoms with Crippen molar-refractivity contribution in [3.05, 3.63) is 29.3 Å². The van der Waals surface area contributed by atoms with E-state index in [9.17, 15) is 0 Å². The Balaban J connectivity index is 1.47. The molecule has 0 bridgehead atoms. The number of hydrogen-bond acceptors (Lipinski definition) is 3. The van der Waals surface area contributed by atoms with Crippen molar-refractivity contribution < 1.29 is 0 Å². The van der Waals surface area contributed by atoms with Crippen molar-refractivity contribution in [2.75, 3.05) is 44.7 Å². The summed E-state index contributed by atoms with van der Waals surface area (Å²) in [6.45, 7) is 7.38. The van der Waals surface area contributed by atoms with Crippen LogP contribution in [0.25, 0.3) is 0 Å². The molecule has 0 amide bonds. The molecule has 3 nitrogen and oxygen atoms in total. The van der Waals surface area contributed by atoms with Gasteiger partial charge in [-0.15, -0.1) is 0 Å². The van der Waals surface area contributed by atoms with Gasteiger partial charge in [-0.3, -0.25) is 4.90 Å². The van der Waals surface area contributed by atoms with Crippen molar-refractivity contribution in [3.63, 3.8) is 0 Å². The third-order valence-electron chi connectivity index (χ3n) is 5.37. The van der Waals surface area contributed by atoms with Crippen molar-refractivity contribution in [2.24, 2.45) is 11.8 Å². The Morgan fingerprint density at radius 3 is 2.80 bits per heavy atom. The van der Waals surface area contributed by atoms with E-state index in [1.807, 2.05) is 0 Å². The van der Waals surface area contributed by atoms with Crippen molar-refractivity contribution in [2.45, 2.75) is 19.4 Å². The minimum atomic E-state index is 0.902. The minimum absolute atomic E-state index is 0.902. The molecule has 3 aliphatic rings. The summed E-state index contributed by atoms with van der Waals surface area (Å²) < 4.78 is 0. The molecule has 0 aliphatic carbocycles. The maximum absolute atomic E-state index is 3.52. The molecule has 20 heavy (non-hydrogen) atoms. The van der Waals surface area contributed by atoms with Crippen LogP contribution in [0.2, 0.25) is 0 Å². The smallest absolute Gasteiger partial charge is 0.0396 e. The van der Waals surface area contributed by atoms with Crippen LogP contribution in [0.4, 0.5) is 5.69 Å². The zero-order valence-electron chi connectivity index (χ0n) is 12.4. The van der Waals surface area contributed by atoms with Gasteiger partial charge in [0.1, 0.15) is 0 Å². The number of benzene rings is 1. The Morgan fingerprint density at radius 2 is 2.00 bits per heavy atom. The van der Waals surface area contributed by atoms with Crippen LogP contribution in [-0.4, -0.2) is 44.7 Å². The molecule has 0 aromatic heterocycles. The molecule has 0 unspecified atom stereocenters. The monoisotopic (exact) mass is 271 g/mol. The maximum Gasteiger partial charge on any atom is 0.0396 e. The van der Waals surface area contributed by atoms with Crippen LogP contribution in [0.15, 0.2) is 18.2 Å². The molecule has 1 N–H and O–H groups in total. The van der Waals surface area contributed by atoms with E-state index in [0.717, 1.165) is 18.4 Å². The highest BCUT2D eigenvalue weighted by Crippen LogP contribution is 2.30. The molecular weight excluding hydrogens is 246 g/mol. The number of hydrogen-bond donors (Lipinski definition) is 1. The first-order valence-electron chi connectivity index (χ1n) is 8.05. The first kappa shape index (κ1) is 12.7. The number of nitrogens with zero attached hydrogens (tertiary/aromatic N) is 2. The Kier molecular flexibility index (Phi) is 3.20. The molecule has 1 aromatic rings. The average molecular weight is 271 g/mol. The largest absolute Gasteiger partial charge is 0.374 e. The summed E-state index contributed by atoms with van der Waals surface area (Å²) in [5.74, 6) is 1.80. The number of anilines is 1. The van der Waals surface area contributed by atoms with Gasteiger partial charge in [-0.25, -0.2) is 0 Å². The lowest BCUT2D eigenvalue weighted by atomic mass is 9.99. The second-order valence-electron chi connectivity index (χ2n) is 6.86. The Morgan fingerprint density at radius 1 is 1.20 bits per heavy atom. The van der Waals surface area contributed by atoms with Crippen molar-refractivity contribution in [3.8, 4) is 0 Å². The normalized spacial score (nSPS) is 29.6. The van der Waals surface area contributed by atoms with Crippen molar-refractivity contribution in [1.29, 1.82) is 0 Å². The van der Waals surface area contributed by atoms with E-state index in [0.29, 0.717) is 0 Å². The van der Waals surface area contributed by atoms with Gasteiger partial charge in [0.05, 0.1) is 0 Å². The molecule has 3 heterocycles. The van der Waals surface area contributed by atoms with Crippen molar-refractivity contribution in [1.82, 2.24) is 10.2 Å². The summed E-state index contributed by atoms with van der Waals surface area (Å²) in [4.78, 5) is 5.05. The van der Waals surface area contributed by atoms with Gasteiger partial charge in [-0.2, -0.15) is 0 Å². The molecule has 0 saturated carbocycles. The first-order valence-corrected chi connectivity index (χ1v) is 8.05. The van der Waals surface area contributed by atoms with E-state index < -0.39 is 0 Å². The summed E-state index contributed by atoms with van der Waals surface area (Å²) in [5.41, 5.74) is 4.51. The lowest BCUT2D eigenvalue weighted by molar-refractivity contribution is 0.305. The number of likely N-dealkylation sites (tertiary alicyclic amines) is 1. The molecule has 0 spiro atoms. The van der Waals surface area contributed by atoms with Crippen LogP contribution in [-0.2, 0) is 13.0 Å². The summed E-state index contributed by atoms with van der Waals surface area (Å²) in [5, 5.41) is 3.52. The van der Waals surface area contributed by atoms with Crippen LogP contribution < -0.4 is 10.2 Å². The first-order chi connectivity index (χ1) is 9.79. The second kappa shape index (κ2) is 5.05. The summed E-state index contributed by atoms with van der Waals surface area (Å²) >= 11 is 0. The number of aryl methyl sites for hydroxylation is 1. The van der Waals surface area contributed by atoms with Gasteiger partial charge in [-0.1, -0.05) is 12.1 Å². The van der Waals surface area contributed by atoms with Gasteiger partial charge < -0.3 is 10.2 Å². The molecule has 1 aromatic carbocycles. The zero-order valence-corrected chi connectivity index (χ0v) is 12.4. The number of nitrogens with one attached hydrogen (secondary N) is 1. The minimum Gasteiger partial charge on any atom is -0.374 e. The molecule has 2 saturated heterocycles. The highest BCUT2D eigenvalue weighted by Gasteiger charge is 2.35. The highest BCUT2D eigenvalue weighted by atomic mass is 15.2. The lowest BCUT2D eigenvalue weighted by Gasteiger charge is -2.28. The summed E-state index contributed by atoms with van der Waals surface area (Å²) in [6, 6.07) is 7.13. The SMILES string of the molecule is CN1CCCc2cc(CN3C[C@H]4CNC[C@H]4C3)ccc21. The molecule has 108 valence electrons. The Bertz CT molecular complexity index is 487. The van der Waals surface area contributed by atoms with Gasteiger partial charge in [-0.05, 0) is 55.0 Å².